The smallest absolute Gasteiger partial charge is 0.260 e. The molecule has 1 aromatic rings. The SMILES string of the molecule is CC[C@H](C)NC(=O)CO/N=C\c1ccc(OC)c(OC)c1. The van der Waals surface area contributed by atoms with Crippen LogP contribution in [0, 0.1) is 0 Å². The number of nitrogens with one attached hydrogen (secondary N) is 1. The third-order valence-electron chi connectivity index (χ3n) is 2.90. The highest BCUT2D eigenvalue weighted by Crippen LogP contribution is 2.26. The number of hydrogen-bond acceptors (Lipinski definition) is 5. The van der Waals surface area contributed by atoms with Gasteiger partial charge in [-0.2, -0.15) is 0 Å². The van der Waals surface area contributed by atoms with E-state index >= 15 is 0 Å². The molecule has 0 saturated carbocycles. The van der Waals surface area contributed by atoms with Gasteiger partial charge in [0, 0.05) is 11.6 Å². The number of ether oxygens (including phenoxy) is 2. The van der Waals surface area contributed by atoms with Crippen molar-refractivity contribution < 1.29 is 19.1 Å². The molecule has 0 heterocycles. The minimum Gasteiger partial charge on any atom is -0.493 e. The monoisotopic (exact) mass is 294 g/mol. The number of amides is 1. The van der Waals surface area contributed by atoms with Crippen molar-refractivity contribution in [3.8, 4) is 11.5 Å². The third kappa shape index (κ3) is 5.72. The average Bonchev–Trinajstić information content (AvgIpc) is 2.51. The molecular weight excluding hydrogens is 272 g/mol. The van der Waals surface area contributed by atoms with E-state index in [1.807, 2.05) is 19.9 Å². The van der Waals surface area contributed by atoms with Gasteiger partial charge in [-0.05, 0) is 31.5 Å². The second kappa shape index (κ2) is 8.84. The van der Waals surface area contributed by atoms with Crippen molar-refractivity contribution in [1.29, 1.82) is 0 Å². The summed E-state index contributed by atoms with van der Waals surface area (Å²) in [4.78, 5) is 16.4. The molecule has 21 heavy (non-hydrogen) atoms. The van der Waals surface area contributed by atoms with E-state index in [1.54, 1.807) is 26.4 Å². The van der Waals surface area contributed by atoms with Gasteiger partial charge in [0.2, 0.25) is 0 Å². The van der Waals surface area contributed by atoms with Gasteiger partial charge < -0.3 is 19.6 Å². The molecule has 0 spiro atoms. The van der Waals surface area contributed by atoms with Crippen molar-refractivity contribution in [1.82, 2.24) is 5.32 Å². The fraction of sp³-hybridized carbons (Fsp3) is 0.467. The summed E-state index contributed by atoms with van der Waals surface area (Å²) in [6, 6.07) is 5.49. The van der Waals surface area contributed by atoms with Crippen molar-refractivity contribution >= 4 is 12.1 Å². The van der Waals surface area contributed by atoms with Crippen LogP contribution in [0.25, 0.3) is 0 Å². The van der Waals surface area contributed by atoms with Crippen molar-refractivity contribution in [2.24, 2.45) is 5.16 Å². The van der Waals surface area contributed by atoms with Crippen LogP contribution in [0.3, 0.4) is 0 Å². The standard InChI is InChI=1S/C15H22N2O4/c1-5-11(2)17-15(18)10-21-16-9-12-6-7-13(19-3)14(8-12)20-4/h6-9,11H,5,10H2,1-4H3,(H,17,18)/b16-9-/t11-/m0/s1. The zero-order chi connectivity index (χ0) is 15.7. The Balaban J connectivity index is 2.48. The predicted molar refractivity (Wildman–Crippen MR) is 81.0 cm³/mol. The van der Waals surface area contributed by atoms with E-state index in [0.717, 1.165) is 12.0 Å². The van der Waals surface area contributed by atoms with Crippen LogP contribution >= 0.6 is 0 Å². The molecule has 116 valence electrons. The Hall–Kier alpha value is -2.24. The Kier molecular flexibility index (Phi) is 7.08. The maximum atomic E-state index is 11.5. The minimum absolute atomic E-state index is 0.103. The van der Waals surface area contributed by atoms with Crippen molar-refractivity contribution in [2.45, 2.75) is 26.3 Å². The molecular formula is C15H22N2O4. The van der Waals surface area contributed by atoms with Gasteiger partial charge in [0.25, 0.3) is 5.91 Å². The molecule has 0 saturated heterocycles. The summed E-state index contributed by atoms with van der Waals surface area (Å²) in [5.41, 5.74) is 0.787. The van der Waals surface area contributed by atoms with Gasteiger partial charge >= 0.3 is 0 Å². The topological polar surface area (TPSA) is 69.2 Å². The number of carbonyl (C=O) groups excluding carboxylic acids is 1. The quantitative estimate of drug-likeness (QED) is 0.588. The highest BCUT2D eigenvalue weighted by molar-refractivity contribution is 5.81. The number of oxime groups is 1. The number of nitrogens with zero attached hydrogens (tertiary/aromatic N) is 1. The normalized spacial score (nSPS) is 12.0. The lowest BCUT2D eigenvalue weighted by atomic mass is 10.2. The summed E-state index contributed by atoms with van der Waals surface area (Å²) >= 11 is 0. The Morgan fingerprint density at radius 3 is 2.67 bits per heavy atom. The molecule has 0 unspecified atom stereocenters. The summed E-state index contributed by atoms with van der Waals surface area (Å²) in [6.07, 6.45) is 2.39. The van der Waals surface area contributed by atoms with Crippen molar-refractivity contribution in [3.05, 3.63) is 23.8 Å². The largest absolute Gasteiger partial charge is 0.493 e. The number of rotatable bonds is 8. The van der Waals surface area contributed by atoms with Gasteiger partial charge in [-0.25, -0.2) is 0 Å². The maximum Gasteiger partial charge on any atom is 0.260 e. The predicted octanol–water partition coefficient (Wildman–Crippen LogP) is 1.97. The van der Waals surface area contributed by atoms with E-state index in [0.29, 0.717) is 11.5 Å². The molecule has 6 heteroatoms. The molecule has 0 aliphatic carbocycles. The summed E-state index contributed by atoms with van der Waals surface area (Å²) in [5.74, 6) is 1.06. The second-order valence-electron chi connectivity index (χ2n) is 4.50. The molecule has 0 radical (unpaired) electrons. The molecule has 6 nitrogen and oxygen atoms in total. The molecule has 1 N–H and O–H groups in total. The van der Waals surface area contributed by atoms with Crippen LogP contribution in [0.5, 0.6) is 11.5 Å². The molecule has 1 aromatic carbocycles. The van der Waals surface area contributed by atoms with E-state index in [-0.39, 0.29) is 18.6 Å². The van der Waals surface area contributed by atoms with Gasteiger partial charge in [0.05, 0.1) is 20.4 Å². The van der Waals surface area contributed by atoms with Crippen LogP contribution < -0.4 is 14.8 Å². The Labute approximate surface area is 125 Å². The Morgan fingerprint density at radius 2 is 2.05 bits per heavy atom. The van der Waals surface area contributed by atoms with Crippen LogP contribution in [0.4, 0.5) is 0 Å². The van der Waals surface area contributed by atoms with E-state index in [9.17, 15) is 4.79 Å². The summed E-state index contributed by atoms with van der Waals surface area (Å²) in [6.45, 7) is 3.83. The summed E-state index contributed by atoms with van der Waals surface area (Å²) in [5, 5.41) is 6.55. The molecule has 1 atom stereocenters. The second-order valence-corrected chi connectivity index (χ2v) is 4.50. The van der Waals surface area contributed by atoms with Gasteiger partial charge in [-0.1, -0.05) is 12.1 Å². The maximum absolute atomic E-state index is 11.5. The van der Waals surface area contributed by atoms with Crippen LogP contribution in [-0.4, -0.2) is 39.0 Å². The van der Waals surface area contributed by atoms with E-state index in [1.165, 1.54) is 6.21 Å². The molecule has 1 rings (SSSR count). The van der Waals surface area contributed by atoms with Crippen LogP contribution in [0.1, 0.15) is 25.8 Å². The Morgan fingerprint density at radius 1 is 1.33 bits per heavy atom. The van der Waals surface area contributed by atoms with Gasteiger partial charge in [0.15, 0.2) is 18.1 Å². The van der Waals surface area contributed by atoms with E-state index in [4.69, 9.17) is 14.3 Å². The number of carbonyl (C=O) groups is 1. The molecule has 0 aliphatic heterocycles. The Bertz CT molecular complexity index is 489. The first-order valence-corrected chi connectivity index (χ1v) is 6.77. The lowest BCUT2D eigenvalue weighted by Gasteiger charge is -2.10. The van der Waals surface area contributed by atoms with Gasteiger partial charge in [-0.15, -0.1) is 0 Å². The van der Waals surface area contributed by atoms with E-state index in [2.05, 4.69) is 10.5 Å². The number of methoxy groups -OCH3 is 2. The first-order chi connectivity index (χ1) is 10.1. The van der Waals surface area contributed by atoms with Crippen LogP contribution in [0.2, 0.25) is 0 Å². The third-order valence-corrected chi connectivity index (χ3v) is 2.90. The van der Waals surface area contributed by atoms with E-state index < -0.39 is 0 Å². The zero-order valence-corrected chi connectivity index (χ0v) is 12.9. The average molecular weight is 294 g/mol. The first kappa shape index (κ1) is 16.8. The number of hydrogen-bond donors (Lipinski definition) is 1. The van der Waals surface area contributed by atoms with Crippen molar-refractivity contribution in [3.63, 3.8) is 0 Å². The highest BCUT2D eigenvalue weighted by Gasteiger charge is 2.05. The van der Waals surface area contributed by atoms with Crippen LogP contribution in [-0.2, 0) is 9.63 Å². The first-order valence-electron chi connectivity index (χ1n) is 6.77. The molecule has 0 aromatic heterocycles. The zero-order valence-electron chi connectivity index (χ0n) is 12.9. The fourth-order valence-corrected chi connectivity index (χ4v) is 1.55. The lowest BCUT2D eigenvalue weighted by Crippen LogP contribution is -2.34. The minimum atomic E-state index is -0.186. The van der Waals surface area contributed by atoms with Gasteiger partial charge in [0.1, 0.15) is 0 Å². The van der Waals surface area contributed by atoms with Gasteiger partial charge in [-0.3, -0.25) is 4.79 Å². The van der Waals surface area contributed by atoms with Crippen LogP contribution in [0.15, 0.2) is 23.4 Å². The molecule has 0 aliphatic rings. The summed E-state index contributed by atoms with van der Waals surface area (Å²) < 4.78 is 10.3. The van der Waals surface area contributed by atoms with Crippen molar-refractivity contribution in [2.75, 3.05) is 20.8 Å². The molecule has 0 bridgehead atoms. The number of benzene rings is 1. The summed E-state index contributed by atoms with van der Waals surface area (Å²) in [7, 11) is 3.14. The highest BCUT2D eigenvalue weighted by atomic mass is 16.6. The molecule has 0 fully saturated rings. The lowest BCUT2D eigenvalue weighted by molar-refractivity contribution is -0.126. The fourth-order valence-electron chi connectivity index (χ4n) is 1.55. The molecule has 1 amide bonds.